The second kappa shape index (κ2) is 8.07. The van der Waals surface area contributed by atoms with Crippen molar-refractivity contribution >= 4 is 23.5 Å². The molecule has 0 atom stereocenters. The Morgan fingerprint density at radius 2 is 2.05 bits per heavy atom. The average Bonchev–Trinajstić information content (AvgIpc) is 2.48. The molecule has 0 bridgehead atoms. The molecule has 21 heavy (non-hydrogen) atoms. The molecule has 0 spiro atoms. The first-order valence-corrected chi connectivity index (χ1v) is 7.70. The van der Waals surface area contributed by atoms with Crippen molar-refractivity contribution in [2.24, 2.45) is 10.8 Å². The van der Waals surface area contributed by atoms with Gasteiger partial charge in [0.25, 0.3) is 0 Å². The van der Waals surface area contributed by atoms with Gasteiger partial charge < -0.3 is 10.6 Å². The topological polar surface area (TPSA) is 56.9 Å². The minimum absolute atomic E-state index is 0.177. The van der Waals surface area contributed by atoms with Gasteiger partial charge in [-0.05, 0) is 36.0 Å². The zero-order valence-electron chi connectivity index (χ0n) is 12.5. The molecular formula is C15H23N5S. The van der Waals surface area contributed by atoms with Gasteiger partial charge in [-0.1, -0.05) is 25.1 Å². The van der Waals surface area contributed by atoms with Crippen LogP contribution in [0.1, 0.15) is 18.1 Å². The fourth-order valence-electron chi connectivity index (χ4n) is 2.46. The number of hydrogen-bond acceptors (Lipinski definition) is 4. The molecule has 1 aliphatic rings. The van der Waals surface area contributed by atoms with E-state index in [1.807, 2.05) is 6.07 Å². The summed E-state index contributed by atoms with van der Waals surface area (Å²) in [5, 5.41) is 4.17. The predicted molar refractivity (Wildman–Crippen MR) is 91.3 cm³/mol. The highest BCUT2D eigenvalue weighted by Gasteiger charge is 2.15. The van der Waals surface area contributed by atoms with Crippen LogP contribution in [0.4, 0.5) is 0 Å². The van der Waals surface area contributed by atoms with E-state index >= 15 is 0 Å². The summed E-state index contributed by atoms with van der Waals surface area (Å²) < 4.78 is 0. The SMILES string of the molecule is CCN1CCN(Cc2cccc(C=NNC(N)=S)c2)CC1. The van der Waals surface area contributed by atoms with Crippen molar-refractivity contribution in [3.8, 4) is 0 Å². The molecule has 0 unspecified atom stereocenters. The van der Waals surface area contributed by atoms with Gasteiger partial charge in [0.2, 0.25) is 0 Å². The fourth-order valence-corrected chi connectivity index (χ4v) is 2.52. The Kier molecular flexibility index (Phi) is 6.10. The first-order valence-electron chi connectivity index (χ1n) is 7.29. The van der Waals surface area contributed by atoms with E-state index in [9.17, 15) is 0 Å². The summed E-state index contributed by atoms with van der Waals surface area (Å²) in [7, 11) is 0. The number of nitrogens with two attached hydrogens (primary N) is 1. The maximum absolute atomic E-state index is 5.33. The molecule has 1 aromatic carbocycles. The number of benzene rings is 1. The Morgan fingerprint density at radius 1 is 1.33 bits per heavy atom. The van der Waals surface area contributed by atoms with Crippen molar-refractivity contribution in [1.29, 1.82) is 0 Å². The molecular weight excluding hydrogens is 282 g/mol. The van der Waals surface area contributed by atoms with Gasteiger partial charge in [0.1, 0.15) is 0 Å². The Bertz CT molecular complexity index is 495. The summed E-state index contributed by atoms with van der Waals surface area (Å²) in [6.07, 6.45) is 1.73. The first-order chi connectivity index (χ1) is 10.2. The monoisotopic (exact) mass is 305 g/mol. The van der Waals surface area contributed by atoms with E-state index in [2.05, 4.69) is 45.4 Å². The minimum Gasteiger partial charge on any atom is -0.375 e. The molecule has 1 aliphatic heterocycles. The van der Waals surface area contributed by atoms with E-state index in [0.29, 0.717) is 0 Å². The lowest BCUT2D eigenvalue weighted by atomic mass is 10.1. The Labute approximate surface area is 131 Å². The van der Waals surface area contributed by atoms with Gasteiger partial charge >= 0.3 is 0 Å². The number of hydrazone groups is 1. The highest BCUT2D eigenvalue weighted by atomic mass is 32.1. The van der Waals surface area contributed by atoms with Crippen molar-refractivity contribution in [1.82, 2.24) is 15.2 Å². The summed E-state index contributed by atoms with van der Waals surface area (Å²) in [6.45, 7) is 8.95. The lowest BCUT2D eigenvalue weighted by Gasteiger charge is -2.34. The summed E-state index contributed by atoms with van der Waals surface area (Å²) in [6, 6.07) is 8.38. The standard InChI is InChI=1S/C15H23N5S/c1-2-19-6-8-20(9-7-19)12-14-5-3-4-13(10-14)11-17-18-15(16)21/h3-5,10-11H,2,6-9,12H2,1H3,(H3,16,18,21). The summed E-state index contributed by atoms with van der Waals surface area (Å²) in [4.78, 5) is 4.98. The van der Waals surface area contributed by atoms with E-state index in [0.717, 1.165) is 44.8 Å². The van der Waals surface area contributed by atoms with Crippen LogP contribution < -0.4 is 11.2 Å². The van der Waals surface area contributed by atoms with Crippen LogP contribution >= 0.6 is 12.2 Å². The molecule has 0 aliphatic carbocycles. The minimum atomic E-state index is 0.177. The number of piperazine rings is 1. The van der Waals surface area contributed by atoms with Crippen molar-refractivity contribution in [3.05, 3.63) is 35.4 Å². The second-order valence-corrected chi connectivity index (χ2v) is 5.63. The molecule has 1 fully saturated rings. The molecule has 0 saturated carbocycles. The first kappa shape index (κ1) is 15.9. The molecule has 0 radical (unpaired) electrons. The second-order valence-electron chi connectivity index (χ2n) is 5.19. The smallest absolute Gasteiger partial charge is 0.184 e. The lowest BCUT2D eigenvalue weighted by molar-refractivity contribution is 0.132. The number of thiocarbonyl (C=S) groups is 1. The Hall–Kier alpha value is -1.50. The van der Waals surface area contributed by atoms with Gasteiger partial charge in [0.15, 0.2) is 5.11 Å². The van der Waals surface area contributed by atoms with Gasteiger partial charge in [-0.3, -0.25) is 10.3 Å². The third-order valence-corrected chi connectivity index (χ3v) is 3.75. The molecule has 1 saturated heterocycles. The Balaban J connectivity index is 1.89. The number of nitrogens with zero attached hydrogens (tertiary/aromatic N) is 3. The molecule has 2 rings (SSSR count). The highest BCUT2D eigenvalue weighted by molar-refractivity contribution is 7.80. The number of rotatable bonds is 5. The van der Waals surface area contributed by atoms with E-state index < -0.39 is 0 Å². The van der Waals surface area contributed by atoms with Gasteiger partial charge in [0, 0.05) is 32.7 Å². The van der Waals surface area contributed by atoms with Crippen LogP contribution in [0, 0.1) is 0 Å². The zero-order chi connectivity index (χ0) is 15.1. The van der Waals surface area contributed by atoms with E-state index in [4.69, 9.17) is 18.0 Å². The van der Waals surface area contributed by atoms with Crippen LogP contribution in [0.2, 0.25) is 0 Å². The lowest BCUT2D eigenvalue weighted by Crippen LogP contribution is -2.45. The molecule has 5 nitrogen and oxygen atoms in total. The molecule has 114 valence electrons. The average molecular weight is 305 g/mol. The largest absolute Gasteiger partial charge is 0.375 e. The molecule has 0 aromatic heterocycles. The molecule has 6 heteroatoms. The van der Waals surface area contributed by atoms with Crippen molar-refractivity contribution in [3.63, 3.8) is 0 Å². The predicted octanol–water partition coefficient (Wildman–Crippen LogP) is 0.991. The number of hydrogen-bond donors (Lipinski definition) is 2. The molecule has 1 heterocycles. The van der Waals surface area contributed by atoms with Crippen LogP contribution in [0.15, 0.2) is 29.4 Å². The third-order valence-electron chi connectivity index (χ3n) is 3.66. The van der Waals surface area contributed by atoms with Crippen LogP contribution in [-0.2, 0) is 6.54 Å². The summed E-state index contributed by atoms with van der Waals surface area (Å²) in [5.74, 6) is 0. The van der Waals surface area contributed by atoms with Gasteiger partial charge in [-0.2, -0.15) is 5.10 Å². The number of likely N-dealkylation sites (N-methyl/N-ethyl adjacent to an activating group) is 1. The van der Waals surface area contributed by atoms with E-state index in [-0.39, 0.29) is 5.11 Å². The Morgan fingerprint density at radius 3 is 2.71 bits per heavy atom. The van der Waals surface area contributed by atoms with Crippen LogP contribution in [-0.4, -0.2) is 53.9 Å². The van der Waals surface area contributed by atoms with Crippen LogP contribution in [0.3, 0.4) is 0 Å². The van der Waals surface area contributed by atoms with Gasteiger partial charge in [-0.25, -0.2) is 0 Å². The maximum Gasteiger partial charge on any atom is 0.184 e. The normalized spacial score (nSPS) is 17.2. The quantitative estimate of drug-likeness (QED) is 0.483. The molecule has 1 aromatic rings. The van der Waals surface area contributed by atoms with E-state index in [1.54, 1.807) is 6.21 Å². The van der Waals surface area contributed by atoms with Gasteiger partial charge in [-0.15, -0.1) is 0 Å². The maximum atomic E-state index is 5.33. The summed E-state index contributed by atoms with van der Waals surface area (Å²) >= 11 is 4.71. The van der Waals surface area contributed by atoms with E-state index in [1.165, 1.54) is 5.56 Å². The highest BCUT2D eigenvalue weighted by Crippen LogP contribution is 2.10. The van der Waals surface area contributed by atoms with Crippen molar-refractivity contribution < 1.29 is 0 Å². The number of nitrogens with one attached hydrogen (secondary N) is 1. The molecule has 0 amide bonds. The van der Waals surface area contributed by atoms with Crippen LogP contribution in [0.5, 0.6) is 0 Å². The van der Waals surface area contributed by atoms with Gasteiger partial charge in [0.05, 0.1) is 6.21 Å². The fraction of sp³-hybridized carbons (Fsp3) is 0.467. The van der Waals surface area contributed by atoms with Crippen LogP contribution in [0.25, 0.3) is 0 Å². The van der Waals surface area contributed by atoms with Crippen molar-refractivity contribution in [2.75, 3.05) is 32.7 Å². The summed E-state index contributed by atoms with van der Waals surface area (Å²) in [5.41, 5.74) is 10.2. The molecule has 3 N–H and O–H groups in total. The third kappa shape index (κ3) is 5.41. The van der Waals surface area contributed by atoms with Crippen molar-refractivity contribution in [2.45, 2.75) is 13.5 Å². The zero-order valence-corrected chi connectivity index (χ0v) is 13.3.